The average Bonchev–Trinajstić information content (AvgIpc) is 1.48. The molecule has 128 heavy (non-hydrogen) atoms. The van der Waals surface area contributed by atoms with Crippen molar-refractivity contribution in [2.24, 2.45) is 35.3 Å². The largest absolute Gasteiger partial charge is 0.459 e. The number of piperazine rings is 1. The lowest BCUT2D eigenvalue weighted by atomic mass is 9.80. The van der Waals surface area contributed by atoms with Crippen molar-refractivity contribution in [1.29, 1.82) is 0 Å². The molecule has 0 unspecified atom stereocenters. The third-order valence-corrected chi connectivity index (χ3v) is 25.7. The Kier molecular flexibility index (Phi) is 35.4. The van der Waals surface area contributed by atoms with E-state index in [0.29, 0.717) is 169 Å². The SMILES string of the molecule is CO[C@H]1C[C@@H]2CC[C@@H](C)[C@@](O)(O2)C(=O)C(=O)N2CCCC[C@H]2C(=O)O[C@H]([C@H](N)C[C@@H]2CC[C@@H](OC(=O)NCc3cnc(N4CCN(CCOCCOCCOCCOCCC(=O)N5CCc6cc(Cn7nc(-c8ccc9oc(N)nc9c8)c8c(N)ccnc87)ccc6C5)CC4)nc3)[C@H](OC)C2)CC(=O)[C@H](C)/C=C(\C)[C@@H](O)[C@@H](OC)C(=O)[C@H](C)C[C@H](C)/C=C/C=CC=C1C. The fourth-order valence-corrected chi connectivity index (χ4v) is 18.0. The highest BCUT2D eigenvalue weighted by molar-refractivity contribution is 6.39. The smallest absolute Gasteiger partial charge is 0.407 e. The Hall–Kier alpha value is -9.82. The number of nitrogens with zero attached hydrogens (tertiary/aromatic N) is 10. The minimum absolute atomic E-state index is 0.00818. The van der Waals surface area contributed by atoms with Crippen LogP contribution < -0.4 is 27.4 Å². The molecule has 696 valence electrons. The van der Waals surface area contributed by atoms with Crippen LogP contribution in [-0.4, -0.2) is 276 Å². The van der Waals surface area contributed by atoms with E-state index in [1.807, 2.05) is 72.0 Å². The summed E-state index contributed by atoms with van der Waals surface area (Å²) in [4.78, 5) is 125. The van der Waals surface area contributed by atoms with Gasteiger partial charge in [-0.15, -0.1) is 0 Å². The van der Waals surface area contributed by atoms with E-state index in [1.165, 1.54) is 19.8 Å². The van der Waals surface area contributed by atoms with Crippen molar-refractivity contribution in [2.45, 2.75) is 212 Å². The number of cyclic esters (lactones) is 1. The van der Waals surface area contributed by atoms with Crippen molar-refractivity contribution in [3.8, 4) is 11.3 Å². The van der Waals surface area contributed by atoms with Crippen LogP contribution in [0.2, 0.25) is 0 Å². The number of Topliss-reactive ketones (excluding diaryl/α,β-unsaturated/α-hetero) is 3. The number of aliphatic hydroxyl groups excluding tert-OH is 1. The Balaban J connectivity index is 0.531. The molecule has 4 fully saturated rings. The summed E-state index contributed by atoms with van der Waals surface area (Å²) in [6.07, 6.45) is 14.1. The zero-order valence-electron chi connectivity index (χ0n) is 75.4. The summed E-state index contributed by atoms with van der Waals surface area (Å²) in [6, 6.07) is 11.6. The topological polar surface area (TPSA) is 438 Å². The summed E-state index contributed by atoms with van der Waals surface area (Å²) in [5.41, 5.74) is 28.6. The first kappa shape index (κ1) is 97.2. The molecule has 15 atom stereocenters. The summed E-state index contributed by atoms with van der Waals surface area (Å²) in [6.45, 7) is 19.5. The lowest BCUT2D eigenvalue weighted by molar-refractivity contribution is -0.265. The number of hydrogen-bond donors (Lipinski definition) is 6. The van der Waals surface area contributed by atoms with Gasteiger partial charge in [-0.1, -0.05) is 82.4 Å². The number of fused-ring (bicyclic) bond motifs is 6. The first-order chi connectivity index (χ1) is 61.7. The van der Waals surface area contributed by atoms with Crippen LogP contribution in [0.15, 0.2) is 113 Å². The Labute approximate surface area is 748 Å². The van der Waals surface area contributed by atoms with E-state index in [2.05, 4.69) is 53.3 Å². The van der Waals surface area contributed by atoms with E-state index in [1.54, 1.807) is 65.5 Å². The van der Waals surface area contributed by atoms with Crippen molar-refractivity contribution in [3.63, 3.8) is 0 Å². The number of anilines is 3. The standard InChI is InChI=1S/C94H130N14O20/c1-58-15-11-10-12-16-59(2)78(118-7)51-70-23-18-63(6)94(117,128-70)87(113)89(114)107-30-14-13-17-74(107)90(115)125-79(52-75(109)60(3)46-62(5)85(112)86(120-9)84(111)61(4)45-58)72(96)48-64-20-24-77(80(49-64)119-8)127-93(116)101-55-66-53-99-92(100-54-66)105-34-32-104(33-35-105)36-38-122-40-42-124-44-43-123-41-39-121-37-28-81(110)106-31-27-67-47-65(19-21-69(67)57-106)56-108-88-82(71(95)26-29-98-88)83(103-108)68-22-25-76-73(50-68)102-91(97)126-76/h10-12,15-16,19,21-22,25-26,29,46-47,50,53-54,58,60-61,63-64,70,72,74,77-80,85-86,112,117H,13-14,17-18,20,23-24,27-28,30-45,48-49,51-52,55-57,96H2,1-9H3,(H2,95,98)(H2,97,102)(H,101,116)/b12-10?,15-11+,59-16?,62-46+/t58-,60-,61-,63-,64+,70+,72-,74+,77-,78+,79+,80-,85-,86+,94-/m1/s1. The summed E-state index contributed by atoms with van der Waals surface area (Å²) in [5, 5.41) is 32.4. The van der Waals surface area contributed by atoms with Crippen LogP contribution in [-0.2, 0) is 102 Å². The zero-order chi connectivity index (χ0) is 91.1. The summed E-state index contributed by atoms with van der Waals surface area (Å²) >= 11 is 0. The molecule has 9 N–H and O–H groups in total. The van der Waals surface area contributed by atoms with Crippen LogP contribution in [0.3, 0.4) is 0 Å². The van der Waals surface area contributed by atoms with E-state index in [-0.39, 0.29) is 74.7 Å². The minimum atomic E-state index is -2.51. The number of esters is 1. The first-order valence-corrected chi connectivity index (χ1v) is 45.1. The van der Waals surface area contributed by atoms with Gasteiger partial charge in [0.15, 0.2) is 17.0 Å². The number of aliphatic hydroxyl groups is 2. The minimum Gasteiger partial charge on any atom is -0.459 e. The van der Waals surface area contributed by atoms with Gasteiger partial charge in [-0.25, -0.2) is 29.2 Å². The third kappa shape index (κ3) is 25.6. The molecule has 6 aliphatic rings. The molecule has 5 aliphatic heterocycles. The molecule has 2 aromatic carbocycles. The second kappa shape index (κ2) is 46.6. The first-order valence-electron chi connectivity index (χ1n) is 45.1. The quantitative estimate of drug-likeness (QED) is 0.0116. The molecule has 3 amide bonds. The van der Waals surface area contributed by atoms with Gasteiger partial charge in [-0.2, -0.15) is 10.1 Å². The number of carbonyl (C=O) groups is 7. The van der Waals surface area contributed by atoms with Crippen LogP contribution in [0, 0.1) is 29.6 Å². The van der Waals surface area contributed by atoms with Crippen molar-refractivity contribution in [3.05, 3.63) is 131 Å². The number of oxazole rings is 1. The van der Waals surface area contributed by atoms with Crippen LogP contribution in [0.1, 0.15) is 147 Å². The molecular formula is C94H130N14O20. The predicted molar refractivity (Wildman–Crippen MR) is 478 cm³/mol. The van der Waals surface area contributed by atoms with E-state index in [0.717, 1.165) is 71.7 Å². The number of nitrogen functional groups attached to an aromatic ring is 2. The maximum absolute atomic E-state index is 14.8. The molecule has 6 aromatic rings. The second-order valence-electron chi connectivity index (χ2n) is 34.9. The monoisotopic (exact) mass is 1770 g/mol. The zero-order valence-corrected chi connectivity index (χ0v) is 75.4. The van der Waals surface area contributed by atoms with Crippen LogP contribution in [0.5, 0.6) is 0 Å². The Bertz CT molecular complexity index is 4870. The van der Waals surface area contributed by atoms with Gasteiger partial charge in [-0.05, 0) is 148 Å². The van der Waals surface area contributed by atoms with Gasteiger partial charge < -0.3 is 99.2 Å². The van der Waals surface area contributed by atoms with E-state index >= 15 is 0 Å². The second-order valence-corrected chi connectivity index (χ2v) is 34.9. The highest BCUT2D eigenvalue weighted by atomic mass is 16.6. The number of pyridine rings is 1. The molecule has 12 rings (SSSR count). The molecule has 0 radical (unpaired) electrons. The molecule has 1 aliphatic carbocycles. The van der Waals surface area contributed by atoms with Gasteiger partial charge in [0.25, 0.3) is 17.7 Å². The summed E-state index contributed by atoms with van der Waals surface area (Å²) < 4.78 is 66.4. The Morgan fingerprint density at radius 1 is 0.742 bits per heavy atom. The lowest BCUT2D eigenvalue weighted by Gasteiger charge is -2.42. The number of hydrogen-bond acceptors (Lipinski definition) is 30. The van der Waals surface area contributed by atoms with Crippen molar-refractivity contribution in [1.82, 2.24) is 49.7 Å². The average molecular weight is 1780 g/mol. The number of ether oxygens (including phenoxy) is 10. The fourth-order valence-electron chi connectivity index (χ4n) is 18.0. The number of carbonyl (C=O) groups excluding carboxylic acids is 7. The van der Waals surface area contributed by atoms with Gasteiger partial charge in [0.1, 0.15) is 47.5 Å². The third-order valence-electron chi connectivity index (χ3n) is 25.7. The number of nitrogens with two attached hydrogens (primary N) is 3. The maximum atomic E-state index is 14.8. The molecule has 1 saturated carbocycles. The molecule has 9 heterocycles. The number of benzene rings is 2. The molecule has 2 bridgehead atoms. The predicted octanol–water partition coefficient (Wildman–Crippen LogP) is 8.52. The number of methoxy groups -OCH3 is 3. The molecule has 3 saturated heterocycles. The fraction of sp³-hybridized carbons (Fsp3) is 0.596. The van der Waals surface area contributed by atoms with E-state index in [4.69, 9.17) is 74.1 Å². The van der Waals surface area contributed by atoms with E-state index in [9.17, 15) is 43.8 Å². The van der Waals surface area contributed by atoms with Gasteiger partial charge >= 0.3 is 12.1 Å². The van der Waals surface area contributed by atoms with Crippen molar-refractivity contribution >= 4 is 81.0 Å². The van der Waals surface area contributed by atoms with Crippen LogP contribution >= 0.6 is 0 Å². The Morgan fingerprint density at radius 2 is 1.48 bits per heavy atom. The number of piperidine rings is 1. The number of ketones is 3. The van der Waals surface area contributed by atoms with Crippen molar-refractivity contribution in [2.75, 3.05) is 136 Å². The van der Waals surface area contributed by atoms with Gasteiger partial charge in [-0.3, -0.25) is 28.9 Å². The summed E-state index contributed by atoms with van der Waals surface area (Å²) in [5.74, 6) is -8.07. The van der Waals surface area contributed by atoms with Crippen LogP contribution in [0.4, 0.5) is 22.4 Å². The molecular weight excluding hydrogens is 1650 g/mol. The highest BCUT2D eigenvalue weighted by Crippen LogP contribution is 2.40. The van der Waals surface area contributed by atoms with Crippen LogP contribution in [0.25, 0.3) is 33.4 Å². The van der Waals surface area contributed by atoms with E-state index < -0.39 is 108 Å². The highest BCUT2D eigenvalue weighted by Gasteiger charge is 2.53. The molecule has 34 nitrogen and oxygen atoms in total. The number of nitrogens with one attached hydrogen (secondary N) is 1. The number of allylic oxidation sites excluding steroid dienone is 6. The van der Waals surface area contributed by atoms with Crippen molar-refractivity contribution < 1.29 is 95.6 Å². The number of aromatic nitrogens is 6. The number of alkyl carbamates (subject to hydrolysis) is 1. The van der Waals surface area contributed by atoms with Gasteiger partial charge in [0.2, 0.25) is 17.6 Å². The normalized spacial score (nSPS) is 27.1. The molecule has 34 heteroatoms. The molecule has 4 aromatic heterocycles. The number of amides is 3. The molecule has 0 spiro atoms. The number of rotatable bonds is 28. The Morgan fingerprint density at radius 3 is 2.22 bits per heavy atom. The van der Waals surface area contributed by atoms with Gasteiger partial charge in [0, 0.05) is 152 Å². The van der Waals surface area contributed by atoms with Gasteiger partial charge in [0.05, 0.1) is 89.5 Å². The summed E-state index contributed by atoms with van der Waals surface area (Å²) in [7, 11) is 4.45. The maximum Gasteiger partial charge on any atom is 0.407 e. The lowest BCUT2D eigenvalue weighted by Crippen LogP contribution is -2.61.